The van der Waals surface area contributed by atoms with Gasteiger partial charge in [-0.2, -0.15) is 5.10 Å². The number of carbonyl (C=O) groups excluding carboxylic acids is 1. The summed E-state index contributed by atoms with van der Waals surface area (Å²) in [6.45, 7) is 3.83. The highest BCUT2D eigenvalue weighted by Crippen LogP contribution is 2.30. The second-order valence-corrected chi connectivity index (χ2v) is 6.72. The van der Waals surface area contributed by atoms with E-state index in [0.717, 1.165) is 16.9 Å². The average molecular weight is 377 g/mol. The number of hydrogen-bond acceptors (Lipinski definition) is 3. The Bertz CT molecular complexity index is 1150. The molecule has 1 N–H and O–H groups in total. The fraction of sp³-hybridized carbons (Fsp3) is 0.0952. The number of halogens is 1. The maximum atomic E-state index is 12.7. The predicted molar refractivity (Wildman–Crippen MR) is 108 cm³/mol. The van der Waals surface area contributed by atoms with Gasteiger partial charge in [-0.1, -0.05) is 41.9 Å². The Balaban J connectivity index is 1.77. The Labute approximate surface area is 161 Å². The molecule has 2 aromatic carbocycles. The molecule has 6 heteroatoms. The second kappa shape index (κ2) is 6.85. The Hall–Kier alpha value is -3.18. The molecule has 0 aliphatic heterocycles. The molecule has 0 aliphatic carbocycles. The fourth-order valence-corrected chi connectivity index (χ4v) is 3.39. The van der Waals surface area contributed by atoms with E-state index in [1.807, 2.05) is 68.4 Å². The Morgan fingerprint density at radius 1 is 1.07 bits per heavy atom. The average Bonchev–Trinajstić information content (AvgIpc) is 3.00. The van der Waals surface area contributed by atoms with Gasteiger partial charge in [-0.05, 0) is 43.7 Å². The third-order valence-electron chi connectivity index (χ3n) is 4.33. The number of aryl methyl sites for hydroxylation is 2. The molecule has 1 amide bonds. The normalized spacial score (nSPS) is 10.9. The van der Waals surface area contributed by atoms with Crippen molar-refractivity contribution in [3.8, 4) is 5.69 Å². The summed E-state index contributed by atoms with van der Waals surface area (Å²) >= 11 is 6.59. The molecular formula is C21H17ClN4O. The summed E-state index contributed by atoms with van der Waals surface area (Å²) in [6.07, 6.45) is 1.50. The highest BCUT2D eigenvalue weighted by atomic mass is 35.5. The predicted octanol–water partition coefficient (Wildman–Crippen LogP) is 4.94. The number of rotatable bonds is 3. The van der Waals surface area contributed by atoms with E-state index in [9.17, 15) is 4.79 Å². The first-order valence-corrected chi connectivity index (χ1v) is 8.89. The van der Waals surface area contributed by atoms with Gasteiger partial charge in [0, 0.05) is 11.9 Å². The number of hydrogen-bond donors (Lipinski definition) is 1. The second-order valence-electron chi connectivity index (χ2n) is 6.34. The van der Waals surface area contributed by atoms with Crippen LogP contribution in [0.1, 0.15) is 21.6 Å². The molecule has 0 aliphatic rings. The quantitative estimate of drug-likeness (QED) is 0.550. The summed E-state index contributed by atoms with van der Waals surface area (Å²) in [5.41, 5.74) is 4.32. The minimum absolute atomic E-state index is 0.299. The van der Waals surface area contributed by atoms with Crippen molar-refractivity contribution < 1.29 is 4.79 Å². The van der Waals surface area contributed by atoms with Crippen LogP contribution in [0.2, 0.25) is 5.02 Å². The van der Waals surface area contributed by atoms with Crippen LogP contribution in [0.15, 0.2) is 60.8 Å². The van der Waals surface area contributed by atoms with Crippen molar-refractivity contribution in [2.45, 2.75) is 13.8 Å². The van der Waals surface area contributed by atoms with Crippen molar-refractivity contribution >= 4 is 34.2 Å². The van der Waals surface area contributed by atoms with E-state index in [-0.39, 0.29) is 5.91 Å². The Kier molecular flexibility index (Phi) is 4.38. The lowest BCUT2D eigenvalue weighted by Gasteiger charge is -2.08. The van der Waals surface area contributed by atoms with Crippen LogP contribution >= 0.6 is 11.6 Å². The van der Waals surface area contributed by atoms with Crippen molar-refractivity contribution in [3.63, 3.8) is 0 Å². The number of aromatic nitrogens is 3. The van der Waals surface area contributed by atoms with Crippen LogP contribution < -0.4 is 5.32 Å². The first-order valence-electron chi connectivity index (χ1n) is 8.52. The van der Waals surface area contributed by atoms with Gasteiger partial charge in [0.15, 0.2) is 5.65 Å². The molecule has 0 saturated carbocycles. The lowest BCUT2D eigenvalue weighted by molar-refractivity contribution is 0.102. The number of amides is 1. The molecule has 0 bridgehead atoms. The molecule has 0 fully saturated rings. The standard InChI is InChI=1S/C21H17ClN4O/c1-13-7-6-8-15(11-13)24-21(27)17-12-23-20-18(19(17)22)14(2)25-26(20)16-9-4-3-5-10-16/h3-12H,1-2H3,(H,24,27). The van der Waals surface area contributed by atoms with Crippen LogP contribution in [0.4, 0.5) is 5.69 Å². The molecule has 0 saturated heterocycles. The van der Waals surface area contributed by atoms with Crippen LogP contribution in [-0.2, 0) is 0 Å². The summed E-state index contributed by atoms with van der Waals surface area (Å²) < 4.78 is 1.73. The van der Waals surface area contributed by atoms with Crippen molar-refractivity contribution in [2.24, 2.45) is 0 Å². The van der Waals surface area contributed by atoms with Gasteiger partial charge in [-0.15, -0.1) is 0 Å². The van der Waals surface area contributed by atoms with Crippen LogP contribution in [0.25, 0.3) is 16.7 Å². The molecule has 4 aromatic rings. The number of fused-ring (bicyclic) bond motifs is 1. The van der Waals surface area contributed by atoms with Crippen molar-refractivity contribution in [2.75, 3.05) is 5.32 Å². The molecule has 0 unspecified atom stereocenters. The van der Waals surface area contributed by atoms with E-state index in [1.54, 1.807) is 4.68 Å². The van der Waals surface area contributed by atoms with E-state index in [1.165, 1.54) is 6.20 Å². The molecule has 2 heterocycles. The monoisotopic (exact) mass is 376 g/mol. The number of anilines is 1. The molecule has 0 radical (unpaired) electrons. The SMILES string of the molecule is Cc1cccc(NC(=O)c2cnc3c(c(C)nn3-c3ccccc3)c2Cl)c1. The van der Waals surface area contributed by atoms with Crippen LogP contribution in [0.3, 0.4) is 0 Å². The first kappa shape index (κ1) is 17.2. The van der Waals surface area contributed by atoms with E-state index < -0.39 is 0 Å². The van der Waals surface area contributed by atoms with Crippen LogP contribution in [0.5, 0.6) is 0 Å². The Morgan fingerprint density at radius 3 is 2.59 bits per heavy atom. The number of benzene rings is 2. The number of nitrogens with one attached hydrogen (secondary N) is 1. The largest absolute Gasteiger partial charge is 0.322 e. The summed E-state index contributed by atoms with van der Waals surface area (Å²) in [5.74, 6) is -0.299. The zero-order valence-corrected chi connectivity index (χ0v) is 15.7. The number of carbonyl (C=O) groups is 1. The van der Waals surface area contributed by atoms with Gasteiger partial charge in [0.25, 0.3) is 5.91 Å². The summed E-state index contributed by atoms with van der Waals surface area (Å²) in [4.78, 5) is 17.2. The van der Waals surface area contributed by atoms with Gasteiger partial charge < -0.3 is 5.32 Å². The van der Waals surface area contributed by atoms with Crippen molar-refractivity contribution in [3.05, 3.63) is 82.6 Å². The third-order valence-corrected chi connectivity index (χ3v) is 4.72. The molecule has 0 spiro atoms. The number of para-hydroxylation sites is 1. The van der Waals surface area contributed by atoms with E-state index in [4.69, 9.17) is 11.6 Å². The minimum atomic E-state index is -0.299. The van der Waals surface area contributed by atoms with Gasteiger partial charge in [-0.3, -0.25) is 4.79 Å². The maximum absolute atomic E-state index is 12.7. The zero-order chi connectivity index (χ0) is 19.0. The molecule has 4 rings (SSSR count). The molecule has 2 aromatic heterocycles. The van der Waals surface area contributed by atoms with Gasteiger partial charge >= 0.3 is 0 Å². The van der Waals surface area contributed by atoms with E-state index in [0.29, 0.717) is 27.3 Å². The highest BCUT2D eigenvalue weighted by Gasteiger charge is 2.20. The van der Waals surface area contributed by atoms with Gasteiger partial charge in [-0.25, -0.2) is 9.67 Å². The van der Waals surface area contributed by atoms with Crippen molar-refractivity contribution in [1.29, 1.82) is 0 Å². The summed E-state index contributed by atoms with van der Waals surface area (Å²) in [6, 6.07) is 17.3. The number of pyridine rings is 1. The molecule has 27 heavy (non-hydrogen) atoms. The molecule has 134 valence electrons. The first-order chi connectivity index (χ1) is 13.0. The topological polar surface area (TPSA) is 59.8 Å². The lowest BCUT2D eigenvalue weighted by Crippen LogP contribution is -2.13. The molecule has 0 atom stereocenters. The van der Waals surface area contributed by atoms with E-state index in [2.05, 4.69) is 15.4 Å². The fourth-order valence-electron chi connectivity index (χ4n) is 3.04. The smallest absolute Gasteiger partial charge is 0.258 e. The van der Waals surface area contributed by atoms with Crippen LogP contribution in [0, 0.1) is 13.8 Å². The minimum Gasteiger partial charge on any atom is -0.322 e. The highest BCUT2D eigenvalue weighted by molar-refractivity contribution is 6.39. The third kappa shape index (κ3) is 3.17. The van der Waals surface area contributed by atoms with E-state index >= 15 is 0 Å². The Morgan fingerprint density at radius 2 is 1.85 bits per heavy atom. The van der Waals surface area contributed by atoms with Crippen LogP contribution in [-0.4, -0.2) is 20.7 Å². The van der Waals surface area contributed by atoms with Gasteiger partial charge in [0.1, 0.15) is 0 Å². The zero-order valence-electron chi connectivity index (χ0n) is 14.9. The van der Waals surface area contributed by atoms with Gasteiger partial charge in [0.2, 0.25) is 0 Å². The maximum Gasteiger partial charge on any atom is 0.258 e. The van der Waals surface area contributed by atoms with Gasteiger partial charge in [0.05, 0.1) is 27.4 Å². The van der Waals surface area contributed by atoms with Crippen molar-refractivity contribution in [1.82, 2.24) is 14.8 Å². The number of nitrogens with zero attached hydrogens (tertiary/aromatic N) is 3. The molecular weight excluding hydrogens is 360 g/mol. The lowest BCUT2D eigenvalue weighted by atomic mass is 10.1. The summed E-state index contributed by atoms with van der Waals surface area (Å²) in [7, 11) is 0. The molecule has 5 nitrogen and oxygen atoms in total. The summed E-state index contributed by atoms with van der Waals surface area (Å²) in [5, 5.41) is 8.46.